The molecule has 0 atom stereocenters. The minimum absolute atomic E-state index is 0.298. The molecular weight excluding hydrogens is 316 g/mol. The summed E-state index contributed by atoms with van der Waals surface area (Å²) in [5, 5.41) is 0.555. The predicted molar refractivity (Wildman–Crippen MR) is 76.9 cm³/mol. The van der Waals surface area contributed by atoms with Gasteiger partial charge in [0.2, 0.25) is 0 Å². The highest BCUT2D eigenvalue weighted by molar-refractivity contribution is 9.10. The van der Waals surface area contributed by atoms with Gasteiger partial charge in [-0.25, -0.2) is 4.98 Å². The fraction of sp³-hybridized carbons (Fsp3) is 0.154. The molecule has 5 heteroatoms. The zero-order valence-electron chi connectivity index (χ0n) is 9.78. The highest BCUT2D eigenvalue weighted by atomic mass is 79.9. The Labute approximate surface area is 119 Å². The van der Waals surface area contributed by atoms with Crippen molar-refractivity contribution in [2.75, 3.05) is 5.73 Å². The molecule has 0 saturated carbocycles. The summed E-state index contributed by atoms with van der Waals surface area (Å²) >= 11 is 9.43. The van der Waals surface area contributed by atoms with Crippen molar-refractivity contribution in [3.05, 3.63) is 51.1 Å². The Kier molecular flexibility index (Phi) is 4.09. The van der Waals surface area contributed by atoms with E-state index in [2.05, 4.69) is 20.9 Å². The summed E-state index contributed by atoms with van der Waals surface area (Å²) in [6.45, 7) is 2.28. The van der Waals surface area contributed by atoms with Crippen molar-refractivity contribution in [3.8, 4) is 5.75 Å². The molecule has 2 N–H and O–H groups in total. The second-order valence-corrected chi connectivity index (χ2v) is 5.19. The van der Waals surface area contributed by atoms with Crippen molar-refractivity contribution < 1.29 is 4.74 Å². The Morgan fingerprint density at radius 2 is 2.11 bits per heavy atom. The van der Waals surface area contributed by atoms with Crippen LogP contribution in [0.1, 0.15) is 11.3 Å². The number of hydrogen-bond acceptors (Lipinski definition) is 3. The molecule has 0 amide bonds. The van der Waals surface area contributed by atoms with Gasteiger partial charge in [-0.05, 0) is 42.8 Å². The Balaban J connectivity index is 2.13. The van der Waals surface area contributed by atoms with E-state index < -0.39 is 0 Å². The van der Waals surface area contributed by atoms with Crippen molar-refractivity contribution in [2.45, 2.75) is 13.5 Å². The first-order chi connectivity index (χ1) is 8.56. The minimum Gasteiger partial charge on any atom is -0.487 e. The first kappa shape index (κ1) is 13.2. The third kappa shape index (κ3) is 3.15. The number of nitrogen functional groups attached to an aromatic ring is 1. The third-order valence-electron chi connectivity index (χ3n) is 2.44. The van der Waals surface area contributed by atoms with E-state index in [1.165, 1.54) is 0 Å². The maximum atomic E-state index is 6.02. The molecule has 2 aromatic rings. The number of pyridine rings is 1. The summed E-state index contributed by atoms with van der Waals surface area (Å²) in [6, 6.07) is 9.20. The largest absolute Gasteiger partial charge is 0.487 e. The fourth-order valence-electron chi connectivity index (χ4n) is 1.52. The topological polar surface area (TPSA) is 48.1 Å². The molecule has 0 spiro atoms. The van der Waals surface area contributed by atoms with Crippen molar-refractivity contribution in [1.29, 1.82) is 0 Å². The first-order valence-corrected chi connectivity index (χ1v) is 6.53. The average molecular weight is 328 g/mol. The lowest BCUT2D eigenvalue weighted by Crippen LogP contribution is -2.02. The summed E-state index contributed by atoms with van der Waals surface area (Å²) in [7, 11) is 0. The van der Waals surface area contributed by atoms with Crippen LogP contribution in [0.5, 0.6) is 5.75 Å². The minimum atomic E-state index is 0.298. The Bertz CT molecular complexity index is 575. The maximum absolute atomic E-state index is 6.02. The van der Waals surface area contributed by atoms with Crippen LogP contribution in [0.25, 0.3) is 0 Å². The summed E-state index contributed by atoms with van der Waals surface area (Å²) < 4.78 is 6.71. The van der Waals surface area contributed by atoms with Crippen LogP contribution in [-0.4, -0.2) is 4.98 Å². The van der Waals surface area contributed by atoms with Gasteiger partial charge in [-0.1, -0.05) is 27.5 Å². The van der Waals surface area contributed by atoms with Crippen LogP contribution in [0.2, 0.25) is 5.02 Å². The lowest BCUT2D eigenvalue weighted by molar-refractivity contribution is 0.299. The fourth-order valence-corrected chi connectivity index (χ4v) is 2.16. The SMILES string of the molecule is Cc1cc(Br)ccc1OCc1nc(N)ccc1Cl. The van der Waals surface area contributed by atoms with Crippen LogP contribution in [-0.2, 0) is 6.61 Å². The molecule has 0 bridgehead atoms. The molecule has 18 heavy (non-hydrogen) atoms. The lowest BCUT2D eigenvalue weighted by atomic mass is 10.2. The van der Waals surface area contributed by atoms with E-state index in [4.69, 9.17) is 22.1 Å². The van der Waals surface area contributed by atoms with Gasteiger partial charge in [-0.15, -0.1) is 0 Å². The summed E-state index contributed by atoms with van der Waals surface area (Å²) in [5.41, 5.74) is 7.30. The number of aryl methyl sites for hydroxylation is 1. The number of nitrogens with zero attached hydrogens (tertiary/aromatic N) is 1. The Morgan fingerprint density at radius 3 is 2.83 bits per heavy atom. The average Bonchev–Trinajstić information content (AvgIpc) is 2.32. The first-order valence-electron chi connectivity index (χ1n) is 5.36. The number of nitrogens with two attached hydrogens (primary N) is 1. The molecule has 0 saturated heterocycles. The molecule has 0 radical (unpaired) electrons. The van der Waals surface area contributed by atoms with Gasteiger partial charge in [-0.3, -0.25) is 0 Å². The van der Waals surface area contributed by atoms with Crippen molar-refractivity contribution in [1.82, 2.24) is 4.98 Å². The molecule has 94 valence electrons. The number of hydrogen-bond donors (Lipinski definition) is 1. The molecule has 0 unspecified atom stereocenters. The van der Waals surface area contributed by atoms with Crippen LogP contribution in [0.4, 0.5) is 5.82 Å². The number of benzene rings is 1. The monoisotopic (exact) mass is 326 g/mol. The van der Waals surface area contributed by atoms with Gasteiger partial charge in [0.05, 0.1) is 10.7 Å². The van der Waals surface area contributed by atoms with Gasteiger partial charge >= 0.3 is 0 Å². The predicted octanol–water partition coefficient (Wildman–Crippen LogP) is 3.97. The number of halogens is 2. The highest BCUT2D eigenvalue weighted by Crippen LogP contribution is 2.24. The molecule has 0 fully saturated rings. The number of ether oxygens (including phenoxy) is 1. The van der Waals surface area contributed by atoms with Crippen LogP contribution >= 0.6 is 27.5 Å². The molecule has 1 aromatic carbocycles. The van der Waals surface area contributed by atoms with Crippen LogP contribution < -0.4 is 10.5 Å². The van der Waals surface area contributed by atoms with Crippen LogP contribution in [0, 0.1) is 6.92 Å². The van der Waals surface area contributed by atoms with E-state index in [9.17, 15) is 0 Å². The summed E-state index contributed by atoms with van der Waals surface area (Å²) in [5.74, 6) is 1.24. The molecule has 1 aromatic heterocycles. The molecular formula is C13H12BrClN2O. The molecule has 0 aliphatic carbocycles. The van der Waals surface area contributed by atoms with E-state index in [1.807, 2.05) is 25.1 Å². The van der Waals surface area contributed by atoms with E-state index in [0.29, 0.717) is 23.1 Å². The van der Waals surface area contributed by atoms with Crippen LogP contribution in [0.3, 0.4) is 0 Å². The van der Waals surface area contributed by atoms with E-state index >= 15 is 0 Å². The summed E-state index contributed by atoms with van der Waals surface area (Å²) in [6.07, 6.45) is 0. The molecule has 3 nitrogen and oxygen atoms in total. The van der Waals surface area contributed by atoms with Gasteiger partial charge in [0.25, 0.3) is 0 Å². The second-order valence-electron chi connectivity index (χ2n) is 3.86. The van der Waals surface area contributed by atoms with Crippen LogP contribution in [0.15, 0.2) is 34.8 Å². The second kappa shape index (κ2) is 5.59. The van der Waals surface area contributed by atoms with E-state index in [-0.39, 0.29) is 0 Å². The zero-order chi connectivity index (χ0) is 13.1. The quantitative estimate of drug-likeness (QED) is 0.928. The summed E-state index contributed by atoms with van der Waals surface area (Å²) in [4.78, 5) is 4.15. The lowest BCUT2D eigenvalue weighted by Gasteiger charge is -2.10. The Morgan fingerprint density at radius 1 is 1.33 bits per heavy atom. The van der Waals surface area contributed by atoms with Crippen molar-refractivity contribution in [3.63, 3.8) is 0 Å². The molecule has 2 rings (SSSR count). The van der Waals surface area contributed by atoms with E-state index in [0.717, 1.165) is 15.8 Å². The van der Waals surface area contributed by atoms with Gasteiger partial charge in [0, 0.05) is 4.47 Å². The van der Waals surface area contributed by atoms with Gasteiger partial charge in [-0.2, -0.15) is 0 Å². The number of aromatic nitrogens is 1. The third-order valence-corrected chi connectivity index (χ3v) is 3.28. The standard InChI is InChI=1S/C13H12BrClN2O/c1-8-6-9(14)2-4-12(8)18-7-11-10(15)3-5-13(16)17-11/h2-6H,7H2,1H3,(H2,16,17). The Hall–Kier alpha value is -1.26. The van der Waals surface area contributed by atoms with E-state index in [1.54, 1.807) is 12.1 Å². The number of anilines is 1. The smallest absolute Gasteiger partial charge is 0.132 e. The zero-order valence-corrected chi connectivity index (χ0v) is 12.1. The molecule has 0 aliphatic rings. The van der Waals surface area contributed by atoms with Crippen molar-refractivity contribution >= 4 is 33.3 Å². The maximum Gasteiger partial charge on any atom is 0.132 e. The number of rotatable bonds is 3. The molecule has 0 aliphatic heterocycles. The van der Waals surface area contributed by atoms with Crippen molar-refractivity contribution in [2.24, 2.45) is 0 Å². The molecule has 1 heterocycles. The van der Waals surface area contributed by atoms with Gasteiger partial charge < -0.3 is 10.5 Å². The highest BCUT2D eigenvalue weighted by Gasteiger charge is 2.05. The van der Waals surface area contributed by atoms with Gasteiger partial charge in [0.15, 0.2) is 0 Å². The normalized spacial score (nSPS) is 10.4. The van der Waals surface area contributed by atoms with Gasteiger partial charge in [0.1, 0.15) is 18.2 Å².